The maximum atomic E-state index is 13.0. The van der Waals surface area contributed by atoms with Gasteiger partial charge in [-0.05, 0) is 42.4 Å². The highest BCUT2D eigenvalue weighted by Gasteiger charge is 2.10. The zero-order valence-electron chi connectivity index (χ0n) is 9.16. The molecule has 0 spiro atoms. The third kappa shape index (κ3) is 3.84. The van der Waals surface area contributed by atoms with Crippen LogP contribution in [-0.2, 0) is 0 Å². The maximum Gasteiger partial charge on any atom is 0.123 e. The highest BCUT2D eigenvalue weighted by atomic mass is 32.2. The van der Waals surface area contributed by atoms with Crippen LogP contribution in [0, 0.1) is 12.7 Å². The summed E-state index contributed by atoms with van der Waals surface area (Å²) in [6, 6.07) is 4.55. The second-order valence-corrected chi connectivity index (χ2v) is 4.74. The first-order valence-electron chi connectivity index (χ1n) is 5.17. The SMILES string of the molecule is CCCSCC(O)c1cc(F)ccc1C. The number of halogens is 1. The summed E-state index contributed by atoms with van der Waals surface area (Å²) in [7, 11) is 0. The monoisotopic (exact) mass is 228 g/mol. The predicted molar refractivity (Wildman–Crippen MR) is 63.7 cm³/mol. The van der Waals surface area contributed by atoms with Crippen LogP contribution in [0.1, 0.15) is 30.6 Å². The van der Waals surface area contributed by atoms with Crippen molar-refractivity contribution in [3.63, 3.8) is 0 Å². The molecule has 0 saturated carbocycles. The first-order valence-corrected chi connectivity index (χ1v) is 6.32. The molecule has 0 aliphatic heterocycles. The van der Waals surface area contributed by atoms with Gasteiger partial charge in [0.2, 0.25) is 0 Å². The van der Waals surface area contributed by atoms with Crippen molar-refractivity contribution in [3.05, 3.63) is 35.1 Å². The summed E-state index contributed by atoms with van der Waals surface area (Å²) in [5.41, 5.74) is 1.65. The van der Waals surface area contributed by atoms with Crippen molar-refractivity contribution in [1.82, 2.24) is 0 Å². The van der Waals surface area contributed by atoms with Gasteiger partial charge in [-0.3, -0.25) is 0 Å². The minimum Gasteiger partial charge on any atom is -0.388 e. The fourth-order valence-corrected chi connectivity index (χ4v) is 2.26. The Morgan fingerprint density at radius 3 is 2.87 bits per heavy atom. The van der Waals surface area contributed by atoms with E-state index in [1.54, 1.807) is 17.8 Å². The van der Waals surface area contributed by atoms with Crippen LogP contribution in [0.15, 0.2) is 18.2 Å². The number of hydrogen-bond donors (Lipinski definition) is 1. The molecule has 1 atom stereocenters. The normalized spacial score (nSPS) is 12.8. The largest absolute Gasteiger partial charge is 0.388 e. The van der Waals surface area contributed by atoms with Gasteiger partial charge in [0.1, 0.15) is 5.82 Å². The number of aliphatic hydroxyl groups excluding tert-OH is 1. The quantitative estimate of drug-likeness (QED) is 0.780. The van der Waals surface area contributed by atoms with E-state index in [1.807, 2.05) is 6.92 Å². The summed E-state index contributed by atoms with van der Waals surface area (Å²) in [4.78, 5) is 0. The summed E-state index contributed by atoms with van der Waals surface area (Å²) in [5, 5.41) is 9.86. The lowest BCUT2D eigenvalue weighted by atomic mass is 10.0. The Kier molecular flexibility index (Phi) is 5.12. The molecule has 1 rings (SSSR count). The number of benzene rings is 1. The summed E-state index contributed by atoms with van der Waals surface area (Å²) >= 11 is 1.70. The third-order valence-corrected chi connectivity index (χ3v) is 3.47. The first-order chi connectivity index (χ1) is 7.15. The van der Waals surface area contributed by atoms with E-state index in [0.29, 0.717) is 11.3 Å². The Labute approximate surface area is 94.7 Å². The average Bonchev–Trinajstić information content (AvgIpc) is 2.22. The molecular formula is C12H17FOS. The van der Waals surface area contributed by atoms with E-state index >= 15 is 0 Å². The van der Waals surface area contributed by atoms with Crippen LogP contribution in [0.4, 0.5) is 4.39 Å². The molecule has 1 N–H and O–H groups in total. The molecule has 1 aromatic rings. The van der Waals surface area contributed by atoms with E-state index in [9.17, 15) is 9.50 Å². The molecule has 0 aliphatic rings. The number of hydrogen-bond acceptors (Lipinski definition) is 2. The summed E-state index contributed by atoms with van der Waals surface area (Å²) in [6.07, 6.45) is 0.539. The molecule has 15 heavy (non-hydrogen) atoms. The van der Waals surface area contributed by atoms with E-state index in [-0.39, 0.29) is 5.82 Å². The van der Waals surface area contributed by atoms with Crippen LogP contribution >= 0.6 is 11.8 Å². The molecule has 1 nitrogen and oxygen atoms in total. The molecule has 0 radical (unpaired) electrons. The molecule has 0 saturated heterocycles. The van der Waals surface area contributed by atoms with Crippen LogP contribution in [0.25, 0.3) is 0 Å². The lowest BCUT2D eigenvalue weighted by Crippen LogP contribution is -2.04. The number of aryl methyl sites for hydroxylation is 1. The molecule has 0 bridgehead atoms. The zero-order valence-corrected chi connectivity index (χ0v) is 9.98. The lowest BCUT2D eigenvalue weighted by molar-refractivity contribution is 0.203. The smallest absolute Gasteiger partial charge is 0.123 e. The van der Waals surface area contributed by atoms with E-state index in [1.165, 1.54) is 12.1 Å². The van der Waals surface area contributed by atoms with Crippen molar-refractivity contribution in [3.8, 4) is 0 Å². The van der Waals surface area contributed by atoms with Crippen LogP contribution < -0.4 is 0 Å². The molecule has 84 valence electrons. The summed E-state index contributed by atoms with van der Waals surface area (Å²) in [6.45, 7) is 4.00. The van der Waals surface area contributed by atoms with Gasteiger partial charge >= 0.3 is 0 Å². The van der Waals surface area contributed by atoms with E-state index < -0.39 is 6.10 Å². The fourth-order valence-electron chi connectivity index (χ4n) is 1.40. The van der Waals surface area contributed by atoms with E-state index in [2.05, 4.69) is 6.92 Å². The van der Waals surface area contributed by atoms with Gasteiger partial charge in [0, 0.05) is 5.75 Å². The van der Waals surface area contributed by atoms with Gasteiger partial charge in [-0.15, -0.1) is 0 Å². The molecule has 1 unspecified atom stereocenters. The Morgan fingerprint density at radius 1 is 1.47 bits per heavy atom. The van der Waals surface area contributed by atoms with Gasteiger partial charge in [0.15, 0.2) is 0 Å². The second kappa shape index (κ2) is 6.13. The third-order valence-electron chi connectivity index (χ3n) is 2.22. The number of thioether (sulfide) groups is 1. The molecule has 1 aromatic carbocycles. The summed E-state index contributed by atoms with van der Waals surface area (Å²) < 4.78 is 13.0. The highest BCUT2D eigenvalue weighted by Crippen LogP contribution is 2.22. The van der Waals surface area contributed by atoms with Crippen LogP contribution in [-0.4, -0.2) is 16.6 Å². The Morgan fingerprint density at radius 2 is 2.20 bits per heavy atom. The first kappa shape index (κ1) is 12.5. The van der Waals surface area contributed by atoms with Gasteiger partial charge in [0.05, 0.1) is 6.10 Å². The Hall–Kier alpha value is -0.540. The van der Waals surface area contributed by atoms with Crippen molar-refractivity contribution in [2.24, 2.45) is 0 Å². The van der Waals surface area contributed by atoms with Gasteiger partial charge in [-0.25, -0.2) is 4.39 Å². The van der Waals surface area contributed by atoms with Crippen LogP contribution in [0.2, 0.25) is 0 Å². The molecule has 0 fully saturated rings. The minimum absolute atomic E-state index is 0.282. The lowest BCUT2D eigenvalue weighted by Gasteiger charge is -2.13. The number of aliphatic hydroxyl groups is 1. The molecule has 0 aromatic heterocycles. The Bertz CT molecular complexity index is 314. The van der Waals surface area contributed by atoms with Crippen molar-refractivity contribution in [2.45, 2.75) is 26.4 Å². The maximum absolute atomic E-state index is 13.0. The Balaban J connectivity index is 2.64. The highest BCUT2D eigenvalue weighted by molar-refractivity contribution is 7.99. The van der Waals surface area contributed by atoms with Crippen molar-refractivity contribution in [2.75, 3.05) is 11.5 Å². The molecule has 0 aliphatic carbocycles. The fraction of sp³-hybridized carbons (Fsp3) is 0.500. The predicted octanol–water partition coefficient (Wildman–Crippen LogP) is 3.31. The molecule has 3 heteroatoms. The summed E-state index contributed by atoms with van der Waals surface area (Å²) in [5.74, 6) is 1.39. The molecular weight excluding hydrogens is 211 g/mol. The van der Waals surface area contributed by atoms with Crippen molar-refractivity contribution < 1.29 is 9.50 Å². The van der Waals surface area contributed by atoms with Crippen LogP contribution in [0.5, 0.6) is 0 Å². The van der Waals surface area contributed by atoms with Crippen LogP contribution in [0.3, 0.4) is 0 Å². The van der Waals surface area contributed by atoms with E-state index in [0.717, 1.165) is 17.7 Å². The van der Waals surface area contributed by atoms with Gasteiger partial charge in [-0.1, -0.05) is 13.0 Å². The number of rotatable bonds is 5. The minimum atomic E-state index is -0.558. The molecule has 0 amide bonds. The van der Waals surface area contributed by atoms with Crippen molar-refractivity contribution in [1.29, 1.82) is 0 Å². The van der Waals surface area contributed by atoms with Gasteiger partial charge < -0.3 is 5.11 Å². The van der Waals surface area contributed by atoms with Gasteiger partial charge in [-0.2, -0.15) is 11.8 Å². The van der Waals surface area contributed by atoms with E-state index in [4.69, 9.17) is 0 Å². The van der Waals surface area contributed by atoms with Gasteiger partial charge in [0.25, 0.3) is 0 Å². The topological polar surface area (TPSA) is 20.2 Å². The second-order valence-electron chi connectivity index (χ2n) is 3.59. The standard InChI is InChI=1S/C12H17FOS/c1-3-6-15-8-12(14)11-7-10(13)5-4-9(11)2/h4-5,7,12,14H,3,6,8H2,1-2H3. The molecule has 0 heterocycles. The zero-order chi connectivity index (χ0) is 11.3. The average molecular weight is 228 g/mol. The van der Waals surface area contributed by atoms with Crippen molar-refractivity contribution >= 4 is 11.8 Å².